The first-order valence-electron chi connectivity index (χ1n) is 6.38. The molecule has 0 fully saturated rings. The molecule has 2 aromatic heterocycles. The van der Waals surface area contributed by atoms with Gasteiger partial charge in [-0.05, 0) is 13.8 Å². The highest BCUT2D eigenvalue weighted by atomic mass is 32.2. The number of nitrogens with one attached hydrogen (secondary N) is 2. The summed E-state index contributed by atoms with van der Waals surface area (Å²) in [5.74, 6) is -0.891. The summed E-state index contributed by atoms with van der Waals surface area (Å²) in [6.45, 7) is 3.61. The van der Waals surface area contributed by atoms with Crippen LogP contribution >= 0.6 is 0 Å². The molecule has 10 heteroatoms. The van der Waals surface area contributed by atoms with Gasteiger partial charge in [0.15, 0.2) is 5.69 Å². The Morgan fingerprint density at radius 3 is 2.73 bits per heavy atom. The van der Waals surface area contributed by atoms with E-state index in [9.17, 15) is 13.2 Å². The molecule has 2 rings (SSSR count). The van der Waals surface area contributed by atoms with Crippen LogP contribution < -0.4 is 10.0 Å². The molecule has 0 aromatic carbocycles. The highest BCUT2D eigenvalue weighted by Gasteiger charge is 2.23. The smallest absolute Gasteiger partial charge is 0.354 e. The number of aromatic carboxylic acids is 1. The van der Waals surface area contributed by atoms with E-state index in [0.29, 0.717) is 5.65 Å². The maximum absolute atomic E-state index is 11.3. The molecule has 120 valence electrons. The van der Waals surface area contributed by atoms with Crippen molar-refractivity contribution >= 4 is 27.6 Å². The zero-order valence-electron chi connectivity index (χ0n) is 12.4. The van der Waals surface area contributed by atoms with E-state index in [2.05, 4.69) is 20.0 Å². The Bertz CT molecular complexity index is 812. The molecule has 0 aliphatic rings. The van der Waals surface area contributed by atoms with E-state index in [1.807, 2.05) is 0 Å². The molecule has 0 saturated carbocycles. The van der Waals surface area contributed by atoms with Crippen LogP contribution in [0, 0.1) is 0 Å². The molecular formula is C12H17N5O4S. The quantitative estimate of drug-likeness (QED) is 0.690. The number of imidazole rings is 1. The predicted octanol–water partition coefficient (Wildman–Crippen LogP) is 0.167. The second-order valence-corrected chi connectivity index (χ2v) is 7.29. The molecule has 0 spiro atoms. The molecule has 0 aliphatic heterocycles. The number of anilines is 1. The predicted molar refractivity (Wildman–Crippen MR) is 80.5 cm³/mol. The summed E-state index contributed by atoms with van der Waals surface area (Å²) in [7, 11) is -3.36. The summed E-state index contributed by atoms with van der Waals surface area (Å²) in [6, 6.07) is 1.35. The maximum Gasteiger partial charge on any atom is 0.354 e. The largest absolute Gasteiger partial charge is 0.477 e. The monoisotopic (exact) mass is 327 g/mol. The third-order valence-electron chi connectivity index (χ3n) is 2.76. The molecule has 2 aromatic rings. The van der Waals surface area contributed by atoms with E-state index in [1.54, 1.807) is 24.4 Å². The first-order valence-corrected chi connectivity index (χ1v) is 8.27. The lowest BCUT2D eigenvalue weighted by atomic mass is 10.1. The average molecular weight is 327 g/mol. The molecule has 22 heavy (non-hydrogen) atoms. The Kier molecular flexibility index (Phi) is 4.07. The van der Waals surface area contributed by atoms with Gasteiger partial charge in [-0.25, -0.2) is 27.9 Å². The van der Waals surface area contributed by atoms with Crippen molar-refractivity contribution in [2.24, 2.45) is 0 Å². The Morgan fingerprint density at radius 1 is 1.45 bits per heavy atom. The van der Waals surface area contributed by atoms with Gasteiger partial charge in [0.2, 0.25) is 16.0 Å². The fourth-order valence-corrected chi connectivity index (χ4v) is 3.07. The number of nitrogens with zero attached hydrogens (tertiary/aromatic N) is 3. The lowest BCUT2D eigenvalue weighted by Crippen LogP contribution is -2.48. The molecular weight excluding hydrogens is 310 g/mol. The van der Waals surface area contributed by atoms with Gasteiger partial charge >= 0.3 is 5.97 Å². The Morgan fingerprint density at radius 2 is 2.14 bits per heavy atom. The average Bonchev–Trinajstić information content (AvgIpc) is 2.80. The summed E-state index contributed by atoms with van der Waals surface area (Å²) in [4.78, 5) is 19.1. The van der Waals surface area contributed by atoms with Gasteiger partial charge in [-0.15, -0.1) is 0 Å². The van der Waals surface area contributed by atoms with E-state index in [1.165, 1.54) is 12.3 Å². The van der Waals surface area contributed by atoms with Crippen molar-refractivity contribution in [3.05, 3.63) is 24.2 Å². The van der Waals surface area contributed by atoms with Crippen molar-refractivity contribution in [2.45, 2.75) is 19.4 Å². The zero-order valence-corrected chi connectivity index (χ0v) is 13.2. The summed E-state index contributed by atoms with van der Waals surface area (Å²) in [5.41, 5.74) is -0.486. The van der Waals surface area contributed by atoms with Gasteiger partial charge < -0.3 is 10.4 Å². The van der Waals surface area contributed by atoms with Crippen LogP contribution in [-0.4, -0.2) is 52.2 Å². The van der Waals surface area contributed by atoms with Crippen LogP contribution in [0.1, 0.15) is 24.3 Å². The molecule has 0 radical (unpaired) electrons. The van der Waals surface area contributed by atoms with Crippen LogP contribution in [0.5, 0.6) is 0 Å². The van der Waals surface area contributed by atoms with Gasteiger partial charge in [-0.3, -0.25) is 4.40 Å². The van der Waals surface area contributed by atoms with E-state index >= 15 is 0 Å². The lowest BCUT2D eigenvalue weighted by Gasteiger charge is -2.25. The topological polar surface area (TPSA) is 126 Å². The summed E-state index contributed by atoms with van der Waals surface area (Å²) < 4.78 is 26.7. The first kappa shape index (κ1) is 16.2. The van der Waals surface area contributed by atoms with Crippen molar-refractivity contribution in [1.29, 1.82) is 0 Å². The minimum absolute atomic E-state index is 0.143. The fourth-order valence-electron chi connectivity index (χ4n) is 2.00. The van der Waals surface area contributed by atoms with Crippen molar-refractivity contribution in [2.75, 3.05) is 18.1 Å². The Labute approximate surface area is 127 Å². The van der Waals surface area contributed by atoms with Gasteiger partial charge in [-0.1, -0.05) is 0 Å². The second-order valence-electron chi connectivity index (χ2n) is 5.54. The number of carboxylic acid groups (broad SMARTS) is 1. The summed E-state index contributed by atoms with van der Waals surface area (Å²) in [5, 5.41) is 12.0. The Balaban J connectivity index is 2.27. The molecule has 0 bridgehead atoms. The molecule has 9 nitrogen and oxygen atoms in total. The number of carbonyl (C=O) groups is 1. The number of rotatable bonds is 6. The highest BCUT2D eigenvalue weighted by Crippen LogP contribution is 2.13. The molecule has 0 amide bonds. The standard InChI is InChI=1S/C12H17N5O4S/c1-12(2,16-22(3,20)21)7-14-11-15-8(10(18)19)6-9-13-4-5-17(9)11/h4-6,16H,7H2,1-3H3,(H,14,15)(H,18,19). The van der Waals surface area contributed by atoms with Crippen LogP contribution in [0.2, 0.25) is 0 Å². The summed E-state index contributed by atoms with van der Waals surface area (Å²) in [6.07, 6.45) is 4.23. The number of aromatic nitrogens is 3. The first-order chi connectivity index (χ1) is 10.1. The SMILES string of the molecule is CC(C)(CNc1nc(C(=O)O)cc2nccn12)NS(C)(=O)=O. The zero-order chi connectivity index (χ0) is 16.5. The molecule has 2 heterocycles. The van der Waals surface area contributed by atoms with Crippen LogP contribution in [-0.2, 0) is 10.0 Å². The number of fused-ring (bicyclic) bond motifs is 1. The third kappa shape index (κ3) is 3.92. The van der Waals surface area contributed by atoms with Gasteiger partial charge in [0, 0.05) is 30.5 Å². The molecule has 0 aliphatic carbocycles. The lowest BCUT2D eigenvalue weighted by molar-refractivity contribution is 0.0690. The van der Waals surface area contributed by atoms with Crippen molar-refractivity contribution in [3.8, 4) is 0 Å². The van der Waals surface area contributed by atoms with Crippen molar-refractivity contribution in [3.63, 3.8) is 0 Å². The third-order valence-corrected chi connectivity index (χ3v) is 3.68. The Hall–Kier alpha value is -2.20. The summed E-state index contributed by atoms with van der Waals surface area (Å²) >= 11 is 0. The molecule has 0 unspecified atom stereocenters. The molecule has 0 saturated heterocycles. The van der Waals surface area contributed by atoms with Gasteiger partial charge in [-0.2, -0.15) is 0 Å². The van der Waals surface area contributed by atoms with Crippen LogP contribution in [0.3, 0.4) is 0 Å². The van der Waals surface area contributed by atoms with Crippen LogP contribution in [0.15, 0.2) is 18.5 Å². The number of hydrogen-bond donors (Lipinski definition) is 3. The van der Waals surface area contributed by atoms with Gasteiger partial charge in [0.1, 0.15) is 5.65 Å². The van der Waals surface area contributed by atoms with Crippen molar-refractivity contribution < 1.29 is 18.3 Å². The van der Waals surface area contributed by atoms with E-state index in [-0.39, 0.29) is 18.2 Å². The van der Waals surface area contributed by atoms with Gasteiger partial charge in [0.25, 0.3) is 0 Å². The second kappa shape index (κ2) is 5.54. The van der Waals surface area contributed by atoms with Crippen LogP contribution in [0.4, 0.5) is 5.95 Å². The van der Waals surface area contributed by atoms with E-state index in [4.69, 9.17) is 5.11 Å². The fraction of sp³-hybridized carbons (Fsp3) is 0.417. The van der Waals surface area contributed by atoms with E-state index < -0.39 is 21.5 Å². The minimum Gasteiger partial charge on any atom is -0.477 e. The maximum atomic E-state index is 11.3. The number of carboxylic acids is 1. The molecule has 3 N–H and O–H groups in total. The highest BCUT2D eigenvalue weighted by molar-refractivity contribution is 7.88. The number of sulfonamides is 1. The van der Waals surface area contributed by atoms with E-state index in [0.717, 1.165) is 6.26 Å². The number of hydrogen-bond acceptors (Lipinski definition) is 6. The minimum atomic E-state index is -3.36. The molecule has 0 atom stereocenters. The normalized spacial score (nSPS) is 12.5. The van der Waals surface area contributed by atoms with Gasteiger partial charge in [0.05, 0.1) is 6.26 Å². The van der Waals surface area contributed by atoms with Crippen molar-refractivity contribution in [1.82, 2.24) is 19.1 Å². The van der Waals surface area contributed by atoms with Crippen LogP contribution in [0.25, 0.3) is 5.65 Å².